The van der Waals surface area contributed by atoms with Gasteiger partial charge in [-0.3, -0.25) is 4.79 Å². The Kier molecular flexibility index (Phi) is 6.68. The van der Waals surface area contributed by atoms with Crippen LogP contribution in [0.4, 0.5) is 22.0 Å². The minimum Gasteiger partial charge on any atom is -0.355 e. The van der Waals surface area contributed by atoms with Crippen molar-refractivity contribution in [2.45, 2.75) is 19.1 Å². The Labute approximate surface area is 147 Å². The van der Waals surface area contributed by atoms with Crippen LogP contribution in [-0.2, 0) is 23.9 Å². The smallest absolute Gasteiger partial charge is 0.355 e. The van der Waals surface area contributed by atoms with Crippen LogP contribution in [0.2, 0.25) is 0 Å². The third kappa shape index (κ3) is 5.80. The predicted octanol–water partition coefficient (Wildman–Crippen LogP) is 3.43. The molecule has 2 aromatic rings. The molecule has 3 nitrogen and oxygen atoms in total. The van der Waals surface area contributed by atoms with Gasteiger partial charge in [-0.1, -0.05) is 24.3 Å². The molecule has 0 unspecified atom stereocenters. The summed E-state index contributed by atoms with van der Waals surface area (Å²) in [6.45, 7) is -0.175. The van der Waals surface area contributed by atoms with E-state index in [1.165, 1.54) is 12.1 Å². The fraction of sp³-hybridized carbons (Fsp3) is 0.278. The molecule has 0 bridgehead atoms. The van der Waals surface area contributed by atoms with Gasteiger partial charge in [-0.15, -0.1) is 0 Å². The maximum Gasteiger partial charge on any atom is 0.416 e. The van der Waals surface area contributed by atoms with Crippen molar-refractivity contribution >= 4 is 5.91 Å². The molecule has 0 atom stereocenters. The Balaban J connectivity index is 1.74. The molecule has 140 valence electrons. The Bertz CT molecular complexity index is 741. The van der Waals surface area contributed by atoms with Crippen LogP contribution in [-0.4, -0.2) is 19.0 Å². The van der Waals surface area contributed by atoms with Gasteiger partial charge in [-0.2, -0.15) is 13.2 Å². The van der Waals surface area contributed by atoms with Gasteiger partial charge in [0.25, 0.3) is 0 Å². The molecule has 0 aromatic heterocycles. The second-order valence-electron chi connectivity index (χ2n) is 5.60. The summed E-state index contributed by atoms with van der Waals surface area (Å²) in [5, 5.41) is 5.15. The summed E-state index contributed by atoms with van der Waals surface area (Å²) in [5.74, 6) is -1.83. The SMILES string of the molecule is O=C(CNCc1c(F)cccc1F)NCCc1cccc(C(F)(F)F)c1. The van der Waals surface area contributed by atoms with Crippen molar-refractivity contribution in [3.05, 3.63) is 70.8 Å². The zero-order valence-corrected chi connectivity index (χ0v) is 13.7. The lowest BCUT2D eigenvalue weighted by molar-refractivity contribution is -0.137. The Hall–Kier alpha value is -2.48. The molecular formula is C18H17F5N2O. The first-order valence-corrected chi connectivity index (χ1v) is 7.84. The number of carbonyl (C=O) groups excluding carboxylic acids is 1. The third-order valence-electron chi connectivity index (χ3n) is 3.64. The van der Waals surface area contributed by atoms with Crippen molar-refractivity contribution in [2.24, 2.45) is 0 Å². The number of rotatable bonds is 7. The molecule has 0 fully saturated rings. The largest absolute Gasteiger partial charge is 0.416 e. The number of hydrogen-bond donors (Lipinski definition) is 2. The normalized spacial score (nSPS) is 11.4. The average molecular weight is 372 g/mol. The summed E-state index contributed by atoms with van der Waals surface area (Å²) < 4.78 is 64.7. The monoisotopic (exact) mass is 372 g/mol. The van der Waals surface area contributed by atoms with Crippen molar-refractivity contribution < 1.29 is 26.7 Å². The average Bonchev–Trinajstić information content (AvgIpc) is 2.57. The molecule has 26 heavy (non-hydrogen) atoms. The predicted molar refractivity (Wildman–Crippen MR) is 86.2 cm³/mol. The van der Waals surface area contributed by atoms with Crippen LogP contribution in [0.1, 0.15) is 16.7 Å². The highest BCUT2D eigenvalue weighted by molar-refractivity contribution is 5.77. The highest BCUT2D eigenvalue weighted by Gasteiger charge is 2.30. The molecule has 0 spiro atoms. The Morgan fingerprint density at radius 1 is 1.00 bits per heavy atom. The fourth-order valence-corrected chi connectivity index (χ4v) is 2.31. The molecule has 8 heteroatoms. The first-order chi connectivity index (χ1) is 12.3. The van der Waals surface area contributed by atoms with Crippen LogP contribution in [0.5, 0.6) is 0 Å². The summed E-state index contributed by atoms with van der Waals surface area (Å²) >= 11 is 0. The topological polar surface area (TPSA) is 41.1 Å². The summed E-state index contributed by atoms with van der Waals surface area (Å²) in [7, 11) is 0. The molecule has 0 aliphatic rings. The number of alkyl halides is 3. The van der Waals surface area contributed by atoms with Crippen LogP contribution in [0.25, 0.3) is 0 Å². The zero-order valence-electron chi connectivity index (χ0n) is 13.7. The van der Waals surface area contributed by atoms with E-state index >= 15 is 0 Å². The quantitative estimate of drug-likeness (QED) is 0.732. The van der Waals surface area contributed by atoms with E-state index in [9.17, 15) is 26.7 Å². The molecule has 0 saturated heterocycles. The molecule has 2 aromatic carbocycles. The van der Waals surface area contributed by atoms with Crippen molar-refractivity contribution in [3.8, 4) is 0 Å². The Morgan fingerprint density at radius 2 is 1.65 bits per heavy atom. The summed E-state index contributed by atoms with van der Waals surface area (Å²) in [6, 6.07) is 8.35. The first kappa shape index (κ1) is 19.8. The minimum absolute atomic E-state index is 0.149. The molecule has 2 N–H and O–H groups in total. The number of amides is 1. The molecule has 2 rings (SSSR count). The minimum atomic E-state index is -4.41. The lowest BCUT2D eigenvalue weighted by atomic mass is 10.1. The van der Waals surface area contributed by atoms with E-state index in [1.54, 1.807) is 6.07 Å². The van der Waals surface area contributed by atoms with Crippen molar-refractivity contribution in [3.63, 3.8) is 0 Å². The van der Waals surface area contributed by atoms with Gasteiger partial charge in [0, 0.05) is 18.7 Å². The number of halogens is 5. The van der Waals surface area contributed by atoms with Gasteiger partial charge in [0.15, 0.2) is 0 Å². The molecule has 1 amide bonds. The fourth-order valence-electron chi connectivity index (χ4n) is 2.31. The zero-order chi connectivity index (χ0) is 19.2. The molecule has 0 saturated carbocycles. The van der Waals surface area contributed by atoms with Crippen molar-refractivity contribution in [1.29, 1.82) is 0 Å². The Morgan fingerprint density at radius 3 is 2.31 bits per heavy atom. The number of carbonyl (C=O) groups is 1. The van der Waals surface area contributed by atoms with Gasteiger partial charge in [-0.25, -0.2) is 8.78 Å². The summed E-state index contributed by atoms with van der Waals surface area (Å²) in [6.07, 6.45) is -4.18. The van der Waals surface area contributed by atoms with E-state index in [-0.39, 0.29) is 31.6 Å². The van der Waals surface area contributed by atoms with Gasteiger partial charge in [0.2, 0.25) is 5.91 Å². The molecule has 0 radical (unpaired) electrons. The van der Waals surface area contributed by atoms with Crippen molar-refractivity contribution in [1.82, 2.24) is 10.6 Å². The van der Waals surface area contributed by atoms with Gasteiger partial charge in [0.1, 0.15) is 11.6 Å². The van der Waals surface area contributed by atoms with Crippen molar-refractivity contribution in [2.75, 3.05) is 13.1 Å². The number of hydrogen-bond acceptors (Lipinski definition) is 2. The molecular weight excluding hydrogens is 355 g/mol. The lowest BCUT2D eigenvalue weighted by Gasteiger charge is -2.10. The van der Waals surface area contributed by atoms with E-state index in [0.29, 0.717) is 5.56 Å². The highest BCUT2D eigenvalue weighted by atomic mass is 19.4. The van der Waals surface area contributed by atoms with Gasteiger partial charge in [-0.05, 0) is 30.2 Å². The second kappa shape index (κ2) is 8.75. The van der Waals surface area contributed by atoms with E-state index in [4.69, 9.17) is 0 Å². The highest BCUT2D eigenvalue weighted by Crippen LogP contribution is 2.29. The van der Waals surface area contributed by atoms with Gasteiger partial charge in [0.05, 0.1) is 12.1 Å². The van der Waals surface area contributed by atoms with Crippen LogP contribution in [0, 0.1) is 11.6 Å². The lowest BCUT2D eigenvalue weighted by Crippen LogP contribution is -2.35. The molecule has 0 aliphatic carbocycles. The molecule has 0 heterocycles. The maximum atomic E-state index is 13.4. The standard InChI is InChI=1S/C18H17F5N2O/c19-15-5-2-6-16(20)14(15)10-24-11-17(26)25-8-7-12-3-1-4-13(9-12)18(21,22)23/h1-6,9,24H,7-8,10-11H2,(H,25,26). The van der Waals surface area contributed by atoms with Crippen LogP contribution < -0.4 is 10.6 Å². The third-order valence-corrected chi connectivity index (χ3v) is 3.64. The van der Waals surface area contributed by atoms with E-state index < -0.39 is 29.3 Å². The van der Waals surface area contributed by atoms with Gasteiger partial charge >= 0.3 is 6.18 Å². The molecule has 0 aliphatic heterocycles. The summed E-state index contributed by atoms with van der Waals surface area (Å²) in [5.41, 5.74) is -0.458. The van der Waals surface area contributed by atoms with Crippen LogP contribution >= 0.6 is 0 Å². The van der Waals surface area contributed by atoms with E-state index in [0.717, 1.165) is 24.3 Å². The summed E-state index contributed by atoms with van der Waals surface area (Å²) in [4.78, 5) is 11.7. The second-order valence-corrected chi connectivity index (χ2v) is 5.60. The number of benzene rings is 2. The van der Waals surface area contributed by atoms with Crippen LogP contribution in [0.3, 0.4) is 0 Å². The van der Waals surface area contributed by atoms with Gasteiger partial charge < -0.3 is 10.6 Å². The van der Waals surface area contributed by atoms with E-state index in [2.05, 4.69) is 10.6 Å². The first-order valence-electron chi connectivity index (χ1n) is 7.84. The number of nitrogens with one attached hydrogen (secondary N) is 2. The maximum absolute atomic E-state index is 13.4. The van der Waals surface area contributed by atoms with Crippen LogP contribution in [0.15, 0.2) is 42.5 Å². The van der Waals surface area contributed by atoms with E-state index in [1.807, 2.05) is 0 Å².